The second-order valence-electron chi connectivity index (χ2n) is 3.71. The van der Waals surface area contributed by atoms with Crippen LogP contribution >= 0.6 is 11.3 Å². The Morgan fingerprint density at radius 1 is 1.33 bits per heavy atom. The fourth-order valence-corrected chi connectivity index (χ4v) is 2.25. The number of hydrogen-bond acceptors (Lipinski definition) is 5. The Hall–Kier alpha value is -2.42. The number of halogens is 3. The number of carbonyl (C=O) groups is 2. The monoisotopic (exact) mass is 316 g/mol. The van der Waals surface area contributed by atoms with Crippen LogP contribution in [0, 0.1) is 17.7 Å². The Labute approximate surface area is 120 Å². The average molecular weight is 316 g/mol. The van der Waals surface area contributed by atoms with Crippen molar-refractivity contribution in [3.8, 4) is 0 Å². The van der Waals surface area contributed by atoms with E-state index >= 15 is 0 Å². The van der Waals surface area contributed by atoms with E-state index in [0.717, 1.165) is 18.4 Å². The molecule has 0 aromatic carbocycles. The highest BCUT2D eigenvalue weighted by Gasteiger charge is 2.21. The Morgan fingerprint density at radius 3 is 2.71 bits per heavy atom. The maximum Gasteiger partial charge on any atom is 0.350 e. The number of anilines is 1. The summed E-state index contributed by atoms with van der Waals surface area (Å²) in [5.41, 5.74) is -0.809. The first kappa shape index (κ1) is 15.0. The van der Waals surface area contributed by atoms with Crippen LogP contribution in [-0.4, -0.2) is 24.0 Å². The predicted molar refractivity (Wildman–Crippen MR) is 67.7 cm³/mol. The van der Waals surface area contributed by atoms with Crippen LogP contribution in [0.15, 0.2) is 17.5 Å². The van der Waals surface area contributed by atoms with E-state index in [2.05, 4.69) is 15.0 Å². The largest absolute Gasteiger partial charge is 0.465 e. The van der Waals surface area contributed by atoms with E-state index in [1.165, 1.54) is 11.4 Å². The quantitative estimate of drug-likeness (QED) is 0.698. The zero-order valence-corrected chi connectivity index (χ0v) is 11.3. The van der Waals surface area contributed by atoms with Crippen LogP contribution in [0.4, 0.5) is 18.9 Å². The van der Waals surface area contributed by atoms with E-state index in [9.17, 15) is 22.8 Å². The summed E-state index contributed by atoms with van der Waals surface area (Å²) in [6, 6.07) is 1.83. The molecule has 2 rings (SSSR count). The number of nitrogens with zero attached hydrogens (tertiary/aromatic N) is 1. The number of amides is 1. The Balaban J connectivity index is 2.31. The van der Waals surface area contributed by atoms with Gasteiger partial charge in [0.15, 0.2) is 5.82 Å². The van der Waals surface area contributed by atoms with Crippen molar-refractivity contribution in [2.45, 2.75) is 0 Å². The molecule has 0 fully saturated rings. The minimum atomic E-state index is -1.72. The van der Waals surface area contributed by atoms with E-state index in [1.807, 2.05) is 0 Å². The third-order valence-corrected chi connectivity index (χ3v) is 3.31. The maximum atomic E-state index is 13.4. The summed E-state index contributed by atoms with van der Waals surface area (Å²) in [4.78, 5) is 25.9. The lowest BCUT2D eigenvalue weighted by atomic mass is 10.2. The van der Waals surface area contributed by atoms with Gasteiger partial charge in [-0.2, -0.15) is 13.8 Å². The highest BCUT2D eigenvalue weighted by Crippen LogP contribution is 2.24. The van der Waals surface area contributed by atoms with Crippen LogP contribution in [0.3, 0.4) is 0 Å². The number of nitrogens with one attached hydrogen (secondary N) is 1. The van der Waals surface area contributed by atoms with Gasteiger partial charge in [-0.1, -0.05) is 0 Å². The molecule has 0 saturated heterocycles. The molecule has 2 heterocycles. The van der Waals surface area contributed by atoms with Gasteiger partial charge < -0.3 is 10.1 Å². The lowest BCUT2D eigenvalue weighted by Gasteiger charge is -2.06. The molecular weight excluding hydrogens is 309 g/mol. The zero-order chi connectivity index (χ0) is 15.6. The molecule has 2 aromatic rings. The molecule has 5 nitrogen and oxygen atoms in total. The molecule has 21 heavy (non-hydrogen) atoms. The van der Waals surface area contributed by atoms with Crippen LogP contribution in [0.25, 0.3) is 0 Å². The van der Waals surface area contributed by atoms with E-state index in [0.29, 0.717) is 6.07 Å². The standard InChI is InChI=1S/C12H7F3N2O3S/c1-20-12(19)9-6(2-3-21-9)16-11(18)5-4-7(13)17-10(15)8(5)14/h2-4H,1H3,(H,16,18). The van der Waals surface area contributed by atoms with Crippen molar-refractivity contribution in [1.82, 2.24) is 4.98 Å². The molecule has 2 aromatic heterocycles. The molecule has 110 valence electrons. The summed E-state index contributed by atoms with van der Waals surface area (Å²) < 4.78 is 43.8. The van der Waals surface area contributed by atoms with Crippen molar-refractivity contribution in [3.05, 3.63) is 45.7 Å². The highest BCUT2D eigenvalue weighted by atomic mass is 32.1. The Morgan fingerprint density at radius 2 is 2.05 bits per heavy atom. The number of rotatable bonds is 3. The number of esters is 1. The van der Waals surface area contributed by atoms with Gasteiger partial charge in [0.25, 0.3) is 11.9 Å². The fraction of sp³-hybridized carbons (Fsp3) is 0.0833. The van der Waals surface area contributed by atoms with Crippen molar-refractivity contribution in [2.75, 3.05) is 12.4 Å². The number of ether oxygens (including phenoxy) is 1. The van der Waals surface area contributed by atoms with Gasteiger partial charge in [-0.25, -0.2) is 9.18 Å². The van der Waals surface area contributed by atoms with Crippen molar-refractivity contribution in [1.29, 1.82) is 0 Å². The molecule has 1 amide bonds. The Kier molecular flexibility index (Phi) is 4.22. The molecule has 0 atom stereocenters. The first-order valence-corrected chi connectivity index (χ1v) is 6.30. The molecule has 0 radical (unpaired) electrons. The van der Waals surface area contributed by atoms with Gasteiger partial charge in [0, 0.05) is 6.07 Å². The van der Waals surface area contributed by atoms with Gasteiger partial charge in [-0.05, 0) is 11.4 Å². The highest BCUT2D eigenvalue weighted by molar-refractivity contribution is 7.12. The normalized spacial score (nSPS) is 10.3. The van der Waals surface area contributed by atoms with Crippen LogP contribution in [0.1, 0.15) is 20.0 Å². The van der Waals surface area contributed by atoms with Gasteiger partial charge in [0.1, 0.15) is 4.88 Å². The molecule has 9 heteroatoms. The number of aromatic nitrogens is 1. The SMILES string of the molecule is COC(=O)c1sccc1NC(=O)c1cc(F)nc(F)c1F. The summed E-state index contributed by atoms with van der Waals surface area (Å²) >= 11 is 0.986. The van der Waals surface area contributed by atoms with Gasteiger partial charge in [0.2, 0.25) is 5.95 Å². The van der Waals surface area contributed by atoms with Crippen LogP contribution in [-0.2, 0) is 4.74 Å². The van der Waals surface area contributed by atoms with Crippen molar-refractivity contribution in [2.24, 2.45) is 0 Å². The van der Waals surface area contributed by atoms with Crippen LogP contribution < -0.4 is 5.32 Å². The summed E-state index contributed by atoms with van der Waals surface area (Å²) in [5, 5.41) is 3.68. The molecule has 0 aliphatic carbocycles. The second kappa shape index (κ2) is 5.92. The van der Waals surface area contributed by atoms with Gasteiger partial charge in [-0.15, -0.1) is 11.3 Å². The van der Waals surface area contributed by atoms with Crippen molar-refractivity contribution >= 4 is 28.9 Å². The number of hydrogen-bond donors (Lipinski definition) is 1. The van der Waals surface area contributed by atoms with Crippen LogP contribution in [0.5, 0.6) is 0 Å². The van der Waals surface area contributed by atoms with Crippen molar-refractivity contribution in [3.63, 3.8) is 0 Å². The summed E-state index contributed by atoms with van der Waals surface area (Å²) in [5.74, 6) is -6.45. The average Bonchev–Trinajstić information content (AvgIpc) is 2.89. The lowest BCUT2D eigenvalue weighted by molar-refractivity contribution is 0.0607. The maximum absolute atomic E-state index is 13.4. The van der Waals surface area contributed by atoms with Crippen LogP contribution in [0.2, 0.25) is 0 Å². The molecular formula is C12H7F3N2O3S. The summed E-state index contributed by atoms with van der Waals surface area (Å²) in [6.07, 6.45) is 0. The summed E-state index contributed by atoms with van der Waals surface area (Å²) in [6.45, 7) is 0. The van der Waals surface area contributed by atoms with E-state index in [4.69, 9.17) is 0 Å². The zero-order valence-electron chi connectivity index (χ0n) is 10.4. The molecule has 0 saturated carbocycles. The second-order valence-corrected chi connectivity index (χ2v) is 4.62. The minimum absolute atomic E-state index is 0.0499. The van der Waals surface area contributed by atoms with Gasteiger partial charge >= 0.3 is 5.97 Å². The predicted octanol–water partition coefficient (Wildman–Crippen LogP) is 2.60. The van der Waals surface area contributed by atoms with Crippen molar-refractivity contribution < 1.29 is 27.5 Å². The third-order valence-electron chi connectivity index (χ3n) is 2.41. The first-order valence-electron chi connectivity index (χ1n) is 5.42. The molecule has 0 spiro atoms. The number of carbonyl (C=O) groups excluding carboxylic acids is 2. The lowest BCUT2D eigenvalue weighted by Crippen LogP contribution is -2.17. The van der Waals surface area contributed by atoms with Gasteiger partial charge in [0.05, 0.1) is 18.4 Å². The Bertz CT molecular complexity index is 718. The topological polar surface area (TPSA) is 68.3 Å². The van der Waals surface area contributed by atoms with E-state index in [1.54, 1.807) is 0 Å². The molecule has 0 bridgehead atoms. The number of methoxy groups -OCH3 is 1. The smallest absolute Gasteiger partial charge is 0.350 e. The molecule has 1 N–H and O–H groups in total. The molecule has 0 unspecified atom stereocenters. The number of thiophene rings is 1. The third kappa shape index (κ3) is 3.02. The first-order chi connectivity index (χ1) is 9.93. The molecule has 0 aliphatic heterocycles. The molecule has 0 aliphatic rings. The van der Waals surface area contributed by atoms with Gasteiger partial charge in [-0.3, -0.25) is 4.79 Å². The van der Waals surface area contributed by atoms with E-state index < -0.39 is 35.2 Å². The number of pyridine rings is 1. The minimum Gasteiger partial charge on any atom is -0.465 e. The fourth-order valence-electron chi connectivity index (χ4n) is 1.48. The summed E-state index contributed by atoms with van der Waals surface area (Å²) in [7, 11) is 1.15. The van der Waals surface area contributed by atoms with E-state index in [-0.39, 0.29) is 10.6 Å².